The van der Waals surface area contributed by atoms with Gasteiger partial charge in [-0.15, -0.1) is 0 Å². The van der Waals surface area contributed by atoms with Crippen LogP contribution in [0.3, 0.4) is 0 Å². The van der Waals surface area contributed by atoms with Crippen LogP contribution in [-0.4, -0.2) is 5.71 Å². The van der Waals surface area contributed by atoms with Crippen molar-refractivity contribution in [3.05, 3.63) is 30.1 Å². The maximum absolute atomic E-state index is 12.8. The number of nitrogens with zero attached hydrogens (tertiary/aromatic N) is 1. The number of benzene rings is 1. The van der Waals surface area contributed by atoms with E-state index in [1.54, 1.807) is 18.2 Å². The first-order chi connectivity index (χ1) is 5.20. The Hall–Kier alpha value is -1.18. The third-order valence-corrected chi connectivity index (χ3v) is 1.20. The molecule has 0 unspecified atom stereocenters. The fraction of sp³-hybridized carbons (Fsp3) is 0.222. The Morgan fingerprint density at radius 2 is 1.91 bits per heavy atom. The molecule has 0 radical (unpaired) electrons. The Morgan fingerprint density at radius 1 is 1.27 bits per heavy atom. The maximum atomic E-state index is 12.8. The molecule has 0 aliphatic carbocycles. The van der Waals surface area contributed by atoms with Gasteiger partial charge < -0.3 is 0 Å². The van der Waals surface area contributed by atoms with Crippen molar-refractivity contribution in [3.8, 4) is 0 Å². The summed E-state index contributed by atoms with van der Waals surface area (Å²) in [6, 6.07) is 6.48. The Labute approximate surface area is 65.6 Å². The molecule has 1 nitrogen and oxygen atoms in total. The van der Waals surface area contributed by atoms with Crippen LogP contribution >= 0.6 is 0 Å². The molecule has 1 rings (SSSR count). The summed E-state index contributed by atoms with van der Waals surface area (Å²) in [6.45, 7) is 3.68. The van der Waals surface area contributed by atoms with Gasteiger partial charge in [-0.3, -0.25) is 4.99 Å². The lowest BCUT2D eigenvalue weighted by molar-refractivity contribution is 0.630. The Kier molecular flexibility index (Phi) is 2.36. The quantitative estimate of drug-likeness (QED) is 0.547. The zero-order chi connectivity index (χ0) is 8.27. The number of hydrogen-bond donors (Lipinski definition) is 0. The molecular weight excluding hydrogens is 141 g/mol. The molecule has 0 amide bonds. The molecular formula is C9H10FN. The third kappa shape index (κ3) is 2.15. The molecule has 2 heteroatoms. The minimum atomic E-state index is -0.270. The fourth-order valence-electron chi connectivity index (χ4n) is 0.783. The van der Waals surface area contributed by atoms with Crippen molar-refractivity contribution in [2.75, 3.05) is 0 Å². The van der Waals surface area contributed by atoms with Crippen molar-refractivity contribution in [2.45, 2.75) is 13.8 Å². The van der Waals surface area contributed by atoms with E-state index in [1.807, 2.05) is 13.8 Å². The van der Waals surface area contributed by atoms with Crippen LogP contribution in [0.5, 0.6) is 0 Å². The molecule has 0 aliphatic heterocycles. The highest BCUT2D eigenvalue weighted by Crippen LogP contribution is 2.16. The number of rotatable bonds is 1. The lowest BCUT2D eigenvalue weighted by Crippen LogP contribution is -1.80. The van der Waals surface area contributed by atoms with Crippen LogP contribution in [0.2, 0.25) is 0 Å². The summed E-state index contributed by atoms with van der Waals surface area (Å²) in [7, 11) is 0. The van der Waals surface area contributed by atoms with Gasteiger partial charge >= 0.3 is 0 Å². The second-order valence-electron chi connectivity index (χ2n) is 2.51. The van der Waals surface area contributed by atoms with Gasteiger partial charge in [-0.05, 0) is 26.0 Å². The van der Waals surface area contributed by atoms with Gasteiger partial charge in [0.1, 0.15) is 5.82 Å². The van der Waals surface area contributed by atoms with Gasteiger partial charge in [-0.25, -0.2) is 4.39 Å². The van der Waals surface area contributed by atoms with E-state index in [2.05, 4.69) is 4.99 Å². The highest BCUT2D eigenvalue weighted by Gasteiger charge is 1.95. The summed E-state index contributed by atoms with van der Waals surface area (Å²) in [5, 5.41) is 0. The standard InChI is InChI=1S/C9H10FN/c1-7(2)11-9-6-4-3-5-8(9)10/h3-6H,1-2H3. The van der Waals surface area contributed by atoms with E-state index in [-0.39, 0.29) is 5.82 Å². The Morgan fingerprint density at radius 3 is 2.45 bits per heavy atom. The van der Waals surface area contributed by atoms with Crippen LogP contribution in [0.4, 0.5) is 10.1 Å². The van der Waals surface area contributed by atoms with Crippen LogP contribution in [0.25, 0.3) is 0 Å². The molecule has 0 spiro atoms. The van der Waals surface area contributed by atoms with Crippen molar-refractivity contribution in [1.82, 2.24) is 0 Å². The molecule has 11 heavy (non-hydrogen) atoms. The van der Waals surface area contributed by atoms with Crippen LogP contribution in [0, 0.1) is 5.82 Å². The predicted molar refractivity (Wildman–Crippen MR) is 44.8 cm³/mol. The largest absolute Gasteiger partial charge is 0.255 e. The number of para-hydroxylation sites is 1. The number of halogens is 1. The van der Waals surface area contributed by atoms with Gasteiger partial charge in [-0.1, -0.05) is 12.1 Å². The molecule has 0 heterocycles. The smallest absolute Gasteiger partial charge is 0.148 e. The second-order valence-corrected chi connectivity index (χ2v) is 2.51. The third-order valence-electron chi connectivity index (χ3n) is 1.20. The fourth-order valence-corrected chi connectivity index (χ4v) is 0.783. The molecule has 0 atom stereocenters. The lowest BCUT2D eigenvalue weighted by atomic mass is 10.3. The van der Waals surface area contributed by atoms with Crippen LogP contribution in [0.15, 0.2) is 29.3 Å². The van der Waals surface area contributed by atoms with Gasteiger partial charge in [0.2, 0.25) is 0 Å². The molecule has 0 aromatic heterocycles. The highest BCUT2D eigenvalue weighted by molar-refractivity contribution is 5.82. The van der Waals surface area contributed by atoms with Gasteiger partial charge in [-0.2, -0.15) is 0 Å². The summed E-state index contributed by atoms with van der Waals surface area (Å²) in [6.07, 6.45) is 0. The average molecular weight is 151 g/mol. The van der Waals surface area contributed by atoms with Crippen LogP contribution < -0.4 is 0 Å². The second kappa shape index (κ2) is 3.28. The topological polar surface area (TPSA) is 12.4 Å². The van der Waals surface area contributed by atoms with Crippen LogP contribution in [-0.2, 0) is 0 Å². The normalized spacial score (nSPS) is 9.36. The van der Waals surface area contributed by atoms with Crippen molar-refractivity contribution in [1.29, 1.82) is 0 Å². The Balaban J connectivity index is 3.04. The summed E-state index contributed by atoms with van der Waals surface area (Å²) < 4.78 is 12.8. The molecule has 0 N–H and O–H groups in total. The molecule has 0 saturated heterocycles. The van der Waals surface area contributed by atoms with Gasteiger partial charge in [0.25, 0.3) is 0 Å². The monoisotopic (exact) mass is 151 g/mol. The first kappa shape index (κ1) is 7.92. The first-order valence-corrected chi connectivity index (χ1v) is 3.46. The number of hydrogen-bond acceptors (Lipinski definition) is 1. The predicted octanol–water partition coefficient (Wildman–Crippen LogP) is 2.94. The molecule has 0 fully saturated rings. The van der Waals surface area contributed by atoms with E-state index < -0.39 is 0 Å². The van der Waals surface area contributed by atoms with Gasteiger partial charge in [0.05, 0.1) is 5.69 Å². The summed E-state index contributed by atoms with van der Waals surface area (Å²) in [5.41, 5.74) is 1.27. The van der Waals surface area contributed by atoms with E-state index in [0.717, 1.165) is 5.71 Å². The summed E-state index contributed by atoms with van der Waals surface area (Å²) in [4.78, 5) is 4.00. The van der Waals surface area contributed by atoms with E-state index in [1.165, 1.54) is 6.07 Å². The molecule has 58 valence electrons. The summed E-state index contributed by atoms with van der Waals surface area (Å²) in [5.74, 6) is -0.270. The maximum Gasteiger partial charge on any atom is 0.148 e. The van der Waals surface area contributed by atoms with Gasteiger partial charge in [0, 0.05) is 5.71 Å². The number of aliphatic imine (C=N–C) groups is 1. The van der Waals surface area contributed by atoms with Gasteiger partial charge in [0.15, 0.2) is 0 Å². The lowest BCUT2D eigenvalue weighted by Gasteiger charge is -1.95. The van der Waals surface area contributed by atoms with Crippen molar-refractivity contribution in [3.63, 3.8) is 0 Å². The van der Waals surface area contributed by atoms with E-state index in [0.29, 0.717) is 5.69 Å². The van der Waals surface area contributed by atoms with Crippen LogP contribution in [0.1, 0.15) is 13.8 Å². The minimum absolute atomic E-state index is 0.270. The van der Waals surface area contributed by atoms with Crippen molar-refractivity contribution < 1.29 is 4.39 Å². The molecule has 0 aliphatic rings. The highest BCUT2D eigenvalue weighted by atomic mass is 19.1. The average Bonchev–Trinajstić information content (AvgIpc) is 1.93. The van der Waals surface area contributed by atoms with E-state index in [9.17, 15) is 4.39 Å². The zero-order valence-electron chi connectivity index (χ0n) is 6.63. The molecule has 1 aromatic rings. The van der Waals surface area contributed by atoms with E-state index in [4.69, 9.17) is 0 Å². The van der Waals surface area contributed by atoms with Crippen molar-refractivity contribution >= 4 is 11.4 Å². The summed E-state index contributed by atoms with van der Waals surface area (Å²) >= 11 is 0. The first-order valence-electron chi connectivity index (χ1n) is 3.46. The molecule has 0 bridgehead atoms. The van der Waals surface area contributed by atoms with Crippen molar-refractivity contribution in [2.24, 2.45) is 4.99 Å². The minimum Gasteiger partial charge on any atom is -0.255 e. The SMILES string of the molecule is CC(C)=Nc1ccccc1F. The Bertz CT molecular complexity index is 275. The zero-order valence-corrected chi connectivity index (χ0v) is 6.63. The van der Waals surface area contributed by atoms with E-state index >= 15 is 0 Å². The molecule has 0 saturated carbocycles. The molecule has 1 aromatic carbocycles.